The van der Waals surface area contributed by atoms with Crippen molar-refractivity contribution in [2.24, 2.45) is 0 Å². The zero-order valence-electron chi connectivity index (χ0n) is 11.4. The number of hydrogen-bond acceptors (Lipinski definition) is 6. The Bertz CT molecular complexity index is 517. The second-order valence-electron chi connectivity index (χ2n) is 4.98. The fourth-order valence-corrected chi connectivity index (χ4v) is 3.09. The number of anilines is 2. The van der Waals surface area contributed by atoms with Crippen LogP contribution in [0.15, 0.2) is 29.9 Å². The molecular formula is C14H19N5S. The van der Waals surface area contributed by atoms with E-state index in [1.807, 2.05) is 23.7 Å². The molecular weight excluding hydrogens is 270 g/mol. The van der Waals surface area contributed by atoms with Gasteiger partial charge in [-0.05, 0) is 12.1 Å². The molecule has 0 amide bonds. The Labute approximate surface area is 123 Å². The summed E-state index contributed by atoms with van der Waals surface area (Å²) in [5.41, 5.74) is 7.48. The minimum absolute atomic E-state index is 0.728. The van der Waals surface area contributed by atoms with Gasteiger partial charge >= 0.3 is 0 Å². The highest BCUT2D eigenvalue weighted by Gasteiger charge is 2.18. The Morgan fingerprint density at radius 3 is 2.65 bits per heavy atom. The van der Waals surface area contributed by atoms with E-state index in [0.717, 1.165) is 55.7 Å². The molecule has 0 atom stereocenters. The summed E-state index contributed by atoms with van der Waals surface area (Å²) >= 11 is 1.72. The number of nitrogens with zero attached hydrogens (tertiary/aromatic N) is 4. The average molecular weight is 289 g/mol. The number of aromatic nitrogens is 2. The van der Waals surface area contributed by atoms with Crippen LogP contribution >= 0.6 is 11.3 Å². The van der Waals surface area contributed by atoms with Gasteiger partial charge in [-0.1, -0.05) is 0 Å². The fourth-order valence-electron chi connectivity index (χ4n) is 2.39. The maximum absolute atomic E-state index is 5.64. The number of pyridine rings is 1. The van der Waals surface area contributed by atoms with Gasteiger partial charge in [0.2, 0.25) is 0 Å². The van der Waals surface area contributed by atoms with Crippen LogP contribution in [0.1, 0.15) is 5.69 Å². The zero-order valence-corrected chi connectivity index (χ0v) is 12.2. The van der Waals surface area contributed by atoms with E-state index in [4.69, 9.17) is 5.73 Å². The first-order valence-corrected chi connectivity index (χ1v) is 7.76. The molecule has 1 fully saturated rings. The predicted molar refractivity (Wildman–Crippen MR) is 83.1 cm³/mol. The maximum atomic E-state index is 5.64. The lowest BCUT2D eigenvalue weighted by atomic mass is 10.2. The number of nitrogens with two attached hydrogens (primary N) is 1. The van der Waals surface area contributed by atoms with Crippen LogP contribution < -0.4 is 10.6 Å². The molecule has 0 radical (unpaired) electrons. The van der Waals surface area contributed by atoms with Crippen molar-refractivity contribution in [2.75, 3.05) is 43.4 Å². The second-order valence-corrected chi connectivity index (χ2v) is 5.85. The molecule has 6 heteroatoms. The number of nitrogen functional groups attached to an aromatic ring is 1. The topological polar surface area (TPSA) is 58.3 Å². The van der Waals surface area contributed by atoms with E-state index in [2.05, 4.69) is 19.8 Å². The summed E-state index contributed by atoms with van der Waals surface area (Å²) in [7, 11) is 0. The minimum atomic E-state index is 0.728. The van der Waals surface area contributed by atoms with Crippen molar-refractivity contribution in [3.63, 3.8) is 0 Å². The average Bonchev–Trinajstić information content (AvgIpc) is 3.01. The monoisotopic (exact) mass is 289 g/mol. The van der Waals surface area contributed by atoms with Gasteiger partial charge in [0.15, 0.2) is 5.13 Å². The molecule has 1 aliphatic heterocycles. The highest BCUT2D eigenvalue weighted by Crippen LogP contribution is 2.18. The molecule has 1 aliphatic rings. The zero-order chi connectivity index (χ0) is 13.8. The quantitative estimate of drug-likeness (QED) is 0.924. The molecule has 20 heavy (non-hydrogen) atoms. The van der Waals surface area contributed by atoms with Gasteiger partial charge in [0.05, 0.1) is 11.9 Å². The van der Waals surface area contributed by atoms with Gasteiger partial charge in [0.25, 0.3) is 0 Å². The van der Waals surface area contributed by atoms with E-state index in [9.17, 15) is 0 Å². The SMILES string of the molecule is Nc1ccc(CCN2CCN(c3nccs3)CC2)nc1. The molecule has 3 rings (SSSR count). The van der Waals surface area contributed by atoms with Crippen molar-refractivity contribution in [2.45, 2.75) is 6.42 Å². The summed E-state index contributed by atoms with van der Waals surface area (Å²) in [5.74, 6) is 0. The molecule has 0 saturated carbocycles. The van der Waals surface area contributed by atoms with Crippen LogP contribution in [0.2, 0.25) is 0 Å². The minimum Gasteiger partial charge on any atom is -0.397 e. The highest BCUT2D eigenvalue weighted by atomic mass is 32.1. The van der Waals surface area contributed by atoms with E-state index in [1.165, 1.54) is 0 Å². The smallest absolute Gasteiger partial charge is 0.185 e. The molecule has 0 bridgehead atoms. The van der Waals surface area contributed by atoms with Crippen molar-refractivity contribution < 1.29 is 0 Å². The van der Waals surface area contributed by atoms with E-state index in [1.54, 1.807) is 17.5 Å². The molecule has 0 aromatic carbocycles. The van der Waals surface area contributed by atoms with Crippen molar-refractivity contribution in [1.82, 2.24) is 14.9 Å². The molecule has 2 aromatic heterocycles. The van der Waals surface area contributed by atoms with E-state index >= 15 is 0 Å². The van der Waals surface area contributed by atoms with Gasteiger partial charge in [0, 0.05) is 56.4 Å². The Balaban J connectivity index is 1.45. The Morgan fingerprint density at radius 2 is 2.00 bits per heavy atom. The van der Waals surface area contributed by atoms with Crippen molar-refractivity contribution >= 4 is 22.2 Å². The van der Waals surface area contributed by atoms with Gasteiger partial charge in [-0.3, -0.25) is 9.88 Å². The van der Waals surface area contributed by atoms with Gasteiger partial charge in [-0.15, -0.1) is 11.3 Å². The van der Waals surface area contributed by atoms with Crippen LogP contribution in [0.4, 0.5) is 10.8 Å². The molecule has 1 saturated heterocycles. The normalized spacial score (nSPS) is 16.5. The predicted octanol–water partition coefficient (Wildman–Crippen LogP) is 1.48. The van der Waals surface area contributed by atoms with Crippen LogP contribution in [0, 0.1) is 0 Å². The maximum Gasteiger partial charge on any atom is 0.185 e. The standard InChI is InChI=1S/C14H19N5S/c15-12-1-2-13(17-11-12)3-5-18-6-8-19(9-7-18)14-16-4-10-20-14/h1-2,4,10-11H,3,5-9,15H2. The van der Waals surface area contributed by atoms with Crippen LogP contribution in [-0.4, -0.2) is 47.6 Å². The van der Waals surface area contributed by atoms with Gasteiger partial charge in [0.1, 0.15) is 0 Å². The third kappa shape index (κ3) is 3.26. The van der Waals surface area contributed by atoms with E-state index < -0.39 is 0 Å². The Morgan fingerprint density at radius 1 is 1.15 bits per heavy atom. The van der Waals surface area contributed by atoms with E-state index in [0.29, 0.717) is 0 Å². The summed E-state index contributed by atoms with van der Waals surface area (Å²) in [6, 6.07) is 3.93. The third-order valence-corrected chi connectivity index (χ3v) is 4.43. The number of hydrogen-bond donors (Lipinski definition) is 1. The van der Waals surface area contributed by atoms with Crippen molar-refractivity contribution in [3.05, 3.63) is 35.6 Å². The van der Waals surface area contributed by atoms with Crippen LogP contribution in [0.5, 0.6) is 0 Å². The van der Waals surface area contributed by atoms with Crippen LogP contribution in [0.25, 0.3) is 0 Å². The summed E-state index contributed by atoms with van der Waals surface area (Å²) in [4.78, 5) is 13.6. The molecule has 106 valence electrons. The van der Waals surface area contributed by atoms with Gasteiger partial charge < -0.3 is 10.6 Å². The summed E-state index contributed by atoms with van der Waals surface area (Å²) in [6.45, 7) is 5.36. The Kier molecular flexibility index (Phi) is 4.13. The first-order chi connectivity index (χ1) is 9.81. The van der Waals surface area contributed by atoms with Gasteiger partial charge in [-0.25, -0.2) is 4.98 Å². The third-order valence-electron chi connectivity index (χ3n) is 3.59. The first-order valence-electron chi connectivity index (χ1n) is 6.88. The number of piperazine rings is 1. The lowest BCUT2D eigenvalue weighted by Gasteiger charge is -2.34. The van der Waals surface area contributed by atoms with Crippen molar-refractivity contribution in [3.8, 4) is 0 Å². The first kappa shape index (κ1) is 13.3. The molecule has 0 aliphatic carbocycles. The fraction of sp³-hybridized carbons (Fsp3) is 0.429. The molecule has 0 spiro atoms. The number of rotatable bonds is 4. The Hall–Kier alpha value is -1.66. The molecule has 0 unspecified atom stereocenters. The molecule has 3 heterocycles. The largest absolute Gasteiger partial charge is 0.397 e. The number of thiazole rings is 1. The molecule has 2 aromatic rings. The lowest BCUT2D eigenvalue weighted by Crippen LogP contribution is -2.47. The summed E-state index contributed by atoms with van der Waals surface area (Å²) in [6.07, 6.45) is 4.59. The molecule has 5 nitrogen and oxygen atoms in total. The summed E-state index contributed by atoms with van der Waals surface area (Å²) < 4.78 is 0. The second kappa shape index (κ2) is 6.19. The van der Waals surface area contributed by atoms with Crippen LogP contribution in [-0.2, 0) is 6.42 Å². The molecule has 2 N–H and O–H groups in total. The van der Waals surface area contributed by atoms with Crippen molar-refractivity contribution in [1.29, 1.82) is 0 Å². The van der Waals surface area contributed by atoms with Gasteiger partial charge in [-0.2, -0.15) is 0 Å². The summed E-state index contributed by atoms with van der Waals surface area (Å²) in [5, 5.41) is 3.18. The van der Waals surface area contributed by atoms with Crippen LogP contribution in [0.3, 0.4) is 0 Å². The lowest BCUT2D eigenvalue weighted by molar-refractivity contribution is 0.260. The highest BCUT2D eigenvalue weighted by molar-refractivity contribution is 7.13. The van der Waals surface area contributed by atoms with E-state index in [-0.39, 0.29) is 0 Å².